The highest BCUT2D eigenvalue weighted by Gasteiger charge is 2.41. The second-order valence-electron chi connectivity index (χ2n) is 9.69. The molecule has 11 nitrogen and oxygen atoms in total. The SMILES string of the molecule is COC[C@H]1CN(c2cc(S(=O)(=O)NC3(C)CC3)cn3c(-c4nnc(C(F)F)s4)ncc23)C[C@H](COC)N1. The fraction of sp³-hybridized carbons (Fsp3) is 0.591. The van der Waals surface area contributed by atoms with Crippen molar-refractivity contribution >= 4 is 32.6 Å². The van der Waals surface area contributed by atoms with Gasteiger partial charge in [0.2, 0.25) is 10.0 Å². The van der Waals surface area contributed by atoms with Crippen LogP contribution < -0.4 is 14.9 Å². The topological polar surface area (TPSA) is 123 Å². The number of methoxy groups -OCH3 is 2. The average molecular weight is 558 g/mol. The number of rotatable bonds is 10. The van der Waals surface area contributed by atoms with Gasteiger partial charge in [-0.05, 0) is 25.8 Å². The molecule has 2 aliphatic rings. The lowest BCUT2D eigenvalue weighted by Gasteiger charge is -2.40. The molecule has 202 valence electrons. The van der Waals surface area contributed by atoms with Gasteiger partial charge >= 0.3 is 0 Å². The molecule has 0 radical (unpaired) electrons. The molecular formula is C22H29F2N7O4S2. The first-order valence-electron chi connectivity index (χ1n) is 11.8. The van der Waals surface area contributed by atoms with Gasteiger partial charge in [0.05, 0.1) is 30.6 Å². The lowest BCUT2D eigenvalue weighted by molar-refractivity contribution is 0.121. The molecule has 0 amide bonds. The van der Waals surface area contributed by atoms with Gasteiger partial charge in [-0.1, -0.05) is 11.3 Å². The van der Waals surface area contributed by atoms with Crippen molar-refractivity contribution in [2.24, 2.45) is 0 Å². The summed E-state index contributed by atoms with van der Waals surface area (Å²) in [7, 11) is -0.633. The Morgan fingerprint density at radius 1 is 1.22 bits per heavy atom. The number of halogens is 2. The predicted octanol–water partition coefficient (Wildman–Crippen LogP) is 2.06. The summed E-state index contributed by atoms with van der Waals surface area (Å²) in [5.74, 6) is 0.243. The first-order valence-corrected chi connectivity index (χ1v) is 14.1. The van der Waals surface area contributed by atoms with Crippen LogP contribution in [-0.2, 0) is 19.5 Å². The summed E-state index contributed by atoms with van der Waals surface area (Å²) < 4.78 is 68.3. The van der Waals surface area contributed by atoms with E-state index >= 15 is 0 Å². The number of ether oxygens (including phenoxy) is 2. The molecule has 0 bridgehead atoms. The summed E-state index contributed by atoms with van der Waals surface area (Å²) in [6.07, 6.45) is 1.81. The van der Waals surface area contributed by atoms with Crippen molar-refractivity contribution in [3.05, 3.63) is 23.5 Å². The molecule has 2 fully saturated rings. The maximum atomic E-state index is 13.4. The maximum absolute atomic E-state index is 13.4. The quantitative estimate of drug-likeness (QED) is 0.386. The van der Waals surface area contributed by atoms with Gasteiger partial charge in [0.15, 0.2) is 15.8 Å². The number of imidazole rings is 1. The van der Waals surface area contributed by atoms with Gasteiger partial charge in [-0.15, -0.1) is 10.2 Å². The number of nitrogens with zero attached hydrogens (tertiary/aromatic N) is 5. The summed E-state index contributed by atoms with van der Waals surface area (Å²) in [6, 6.07) is 1.59. The van der Waals surface area contributed by atoms with Crippen molar-refractivity contribution in [3.8, 4) is 10.8 Å². The standard InChI is InChI=1S/C22H29F2N7O4S2/c1-22(4-5-22)29-37(32,33)15-6-16(30-8-13(11-34-2)26-14(9-30)12-35-3)17-7-25-19(31(17)10-15)21-28-27-20(36-21)18(23)24/h6-7,10,13-14,18,26,29H,4-5,8-9,11-12H2,1-3H3/t13-,14-/m1/s1. The molecule has 1 aliphatic heterocycles. The number of pyridine rings is 1. The first-order chi connectivity index (χ1) is 17.6. The highest BCUT2D eigenvalue weighted by molar-refractivity contribution is 7.89. The Morgan fingerprint density at radius 3 is 2.46 bits per heavy atom. The summed E-state index contributed by atoms with van der Waals surface area (Å²) in [4.78, 5) is 6.56. The minimum absolute atomic E-state index is 0.0260. The lowest BCUT2D eigenvalue weighted by atomic mass is 10.1. The number of nitrogens with one attached hydrogen (secondary N) is 2. The van der Waals surface area contributed by atoms with Gasteiger partial charge in [0.1, 0.15) is 4.90 Å². The van der Waals surface area contributed by atoms with Crippen LogP contribution in [0.3, 0.4) is 0 Å². The molecule has 1 aliphatic carbocycles. The normalized spacial score (nSPS) is 21.7. The van der Waals surface area contributed by atoms with E-state index < -0.39 is 27.0 Å². The van der Waals surface area contributed by atoms with Crippen molar-refractivity contribution in [2.45, 2.75) is 48.7 Å². The molecule has 15 heteroatoms. The van der Waals surface area contributed by atoms with E-state index in [1.54, 1.807) is 30.9 Å². The molecule has 3 aromatic heterocycles. The minimum atomic E-state index is -3.88. The number of hydrogen-bond acceptors (Lipinski definition) is 10. The van der Waals surface area contributed by atoms with Crippen molar-refractivity contribution < 1.29 is 26.7 Å². The van der Waals surface area contributed by atoms with E-state index in [1.807, 2.05) is 6.92 Å². The third-order valence-corrected chi connectivity index (χ3v) is 9.07. The number of alkyl halides is 2. The van der Waals surface area contributed by atoms with E-state index in [-0.39, 0.29) is 27.8 Å². The molecule has 1 saturated heterocycles. The smallest absolute Gasteiger partial charge is 0.291 e. The zero-order valence-electron chi connectivity index (χ0n) is 20.6. The molecule has 2 atom stereocenters. The zero-order valence-corrected chi connectivity index (χ0v) is 22.3. The van der Waals surface area contributed by atoms with Crippen LogP contribution in [-0.4, -0.2) is 86.1 Å². The van der Waals surface area contributed by atoms with Crippen molar-refractivity contribution in [1.29, 1.82) is 0 Å². The third-order valence-electron chi connectivity index (χ3n) is 6.53. The van der Waals surface area contributed by atoms with E-state index in [2.05, 4.69) is 30.1 Å². The van der Waals surface area contributed by atoms with Crippen LogP contribution in [0.4, 0.5) is 14.5 Å². The van der Waals surface area contributed by atoms with Gasteiger partial charge in [-0.25, -0.2) is 26.9 Å². The highest BCUT2D eigenvalue weighted by atomic mass is 32.2. The van der Waals surface area contributed by atoms with Crippen LogP contribution in [0.25, 0.3) is 16.3 Å². The number of anilines is 1. The van der Waals surface area contributed by atoms with Crippen LogP contribution in [0.2, 0.25) is 0 Å². The Morgan fingerprint density at radius 2 is 1.89 bits per heavy atom. The first kappa shape index (κ1) is 26.3. The summed E-state index contributed by atoms with van der Waals surface area (Å²) in [6.45, 7) is 3.87. The van der Waals surface area contributed by atoms with Crippen LogP contribution >= 0.6 is 11.3 Å². The van der Waals surface area contributed by atoms with Crippen LogP contribution in [0, 0.1) is 0 Å². The molecule has 37 heavy (non-hydrogen) atoms. The Labute approximate surface area is 217 Å². The van der Waals surface area contributed by atoms with Crippen molar-refractivity contribution in [1.82, 2.24) is 29.6 Å². The molecule has 5 rings (SSSR count). The molecule has 1 saturated carbocycles. The number of hydrogen-bond donors (Lipinski definition) is 2. The molecule has 0 aromatic carbocycles. The molecule has 2 N–H and O–H groups in total. The summed E-state index contributed by atoms with van der Waals surface area (Å²) in [5, 5.41) is 10.7. The lowest BCUT2D eigenvalue weighted by Crippen LogP contribution is -2.59. The fourth-order valence-electron chi connectivity index (χ4n) is 4.54. The minimum Gasteiger partial charge on any atom is -0.383 e. The predicted molar refractivity (Wildman–Crippen MR) is 134 cm³/mol. The molecule has 4 heterocycles. The second-order valence-corrected chi connectivity index (χ2v) is 12.4. The third kappa shape index (κ3) is 5.47. The summed E-state index contributed by atoms with van der Waals surface area (Å²) in [5.41, 5.74) is 0.790. The van der Waals surface area contributed by atoms with Gasteiger partial charge in [-0.3, -0.25) is 4.40 Å². The zero-order chi connectivity index (χ0) is 26.4. The Balaban J connectivity index is 1.63. The van der Waals surface area contributed by atoms with Gasteiger partial charge in [-0.2, -0.15) is 0 Å². The maximum Gasteiger partial charge on any atom is 0.291 e. The number of fused-ring (bicyclic) bond motifs is 1. The Hall–Kier alpha value is -2.30. The largest absolute Gasteiger partial charge is 0.383 e. The second kappa shape index (κ2) is 10.1. The van der Waals surface area contributed by atoms with Crippen LogP contribution in [0.1, 0.15) is 31.2 Å². The average Bonchev–Trinajstić information content (AvgIpc) is 3.23. The highest BCUT2D eigenvalue weighted by Crippen LogP contribution is 2.37. The van der Waals surface area contributed by atoms with Gasteiger partial charge in [0.25, 0.3) is 6.43 Å². The number of sulfonamides is 1. The Bertz CT molecular complexity index is 1360. The van der Waals surface area contributed by atoms with E-state index in [0.29, 0.717) is 37.5 Å². The monoisotopic (exact) mass is 557 g/mol. The molecule has 3 aromatic rings. The van der Waals surface area contributed by atoms with Gasteiger partial charge in [0, 0.05) is 51.1 Å². The van der Waals surface area contributed by atoms with E-state index in [4.69, 9.17) is 9.47 Å². The summed E-state index contributed by atoms with van der Waals surface area (Å²) >= 11 is 0.725. The molecular weight excluding hydrogens is 528 g/mol. The van der Waals surface area contributed by atoms with Crippen molar-refractivity contribution in [3.63, 3.8) is 0 Å². The van der Waals surface area contributed by atoms with Gasteiger partial charge < -0.3 is 19.7 Å². The number of piperazine rings is 1. The van der Waals surface area contributed by atoms with E-state index in [0.717, 1.165) is 24.2 Å². The van der Waals surface area contributed by atoms with E-state index in [9.17, 15) is 17.2 Å². The van der Waals surface area contributed by atoms with Crippen LogP contribution in [0.5, 0.6) is 0 Å². The Kier molecular flexibility index (Phi) is 7.19. The number of aromatic nitrogens is 4. The van der Waals surface area contributed by atoms with Crippen molar-refractivity contribution in [2.75, 3.05) is 45.4 Å². The molecule has 0 spiro atoms. The van der Waals surface area contributed by atoms with Crippen LogP contribution in [0.15, 0.2) is 23.4 Å². The fourth-order valence-corrected chi connectivity index (χ4v) is 6.72. The van der Waals surface area contributed by atoms with E-state index in [1.165, 1.54) is 6.20 Å². The molecule has 0 unspecified atom stereocenters.